The van der Waals surface area contributed by atoms with Crippen LogP contribution in [0, 0.1) is 18.8 Å². The summed E-state index contributed by atoms with van der Waals surface area (Å²) in [5.74, 6) is 0.850. The predicted molar refractivity (Wildman–Crippen MR) is 255 cm³/mol. The fraction of sp³-hybridized carbons (Fsp3) is 0.143. The number of nitrogens with zero attached hydrogens (tertiary/aromatic N) is 5. The maximum atomic E-state index is 5.08. The van der Waals surface area contributed by atoms with Gasteiger partial charge in [-0.2, -0.15) is 6.07 Å². The van der Waals surface area contributed by atoms with Gasteiger partial charge >= 0.3 is 0 Å². The molecule has 0 spiro atoms. The average Bonchev–Trinajstić information content (AvgIpc) is 3.62. The molecule has 2 aliphatic rings. The molecular formula is C56H48N5Pt-3. The summed E-state index contributed by atoms with van der Waals surface area (Å²) in [5.41, 5.74) is 15.8. The molecule has 2 aliphatic heterocycles. The van der Waals surface area contributed by atoms with Gasteiger partial charge < -0.3 is 19.6 Å². The van der Waals surface area contributed by atoms with Gasteiger partial charge in [-0.05, 0) is 76.6 Å². The smallest absolute Gasteiger partial charge is 0.135 e. The Morgan fingerprint density at radius 3 is 1.76 bits per heavy atom. The topological polar surface area (TPSA) is 25.9 Å². The van der Waals surface area contributed by atoms with E-state index in [0.29, 0.717) is 0 Å². The molecule has 3 heterocycles. The van der Waals surface area contributed by atoms with Crippen molar-refractivity contribution in [3.05, 3.63) is 206 Å². The van der Waals surface area contributed by atoms with Gasteiger partial charge in [0.25, 0.3) is 0 Å². The minimum Gasteiger partial charge on any atom is -0.493 e. The first-order chi connectivity index (χ1) is 29.5. The SMILES string of the molecule is CC(C)(C)c1cc(N2[CH-]N(c3ccccc3)c3ccccc32)[c-]c(N(c2[c-]c3c(cc2)-c2ccccc2-c2ccccc2N3c2cc(C(C)(C)C)ccn2)c2ccccc2)c1.[Pt]. The number of hydrogen-bond acceptors (Lipinski definition) is 5. The predicted octanol–water partition coefficient (Wildman–Crippen LogP) is 15.3. The zero-order chi connectivity index (χ0) is 41.9. The molecule has 62 heavy (non-hydrogen) atoms. The van der Waals surface area contributed by atoms with E-state index < -0.39 is 0 Å². The Hall–Kier alpha value is -6.42. The van der Waals surface area contributed by atoms with Crippen LogP contribution in [0.3, 0.4) is 0 Å². The van der Waals surface area contributed by atoms with Crippen molar-refractivity contribution < 1.29 is 21.1 Å². The summed E-state index contributed by atoms with van der Waals surface area (Å²) in [6.07, 6.45) is 1.94. The van der Waals surface area contributed by atoms with Crippen molar-refractivity contribution in [3.8, 4) is 22.3 Å². The molecular weight excluding hydrogens is 938 g/mol. The van der Waals surface area contributed by atoms with Crippen molar-refractivity contribution in [2.24, 2.45) is 0 Å². The Labute approximate surface area is 381 Å². The number of anilines is 10. The summed E-state index contributed by atoms with van der Waals surface area (Å²) in [6, 6.07) is 68.5. The average molecular weight is 986 g/mol. The molecule has 0 radical (unpaired) electrons. The Balaban J connectivity index is 0.00000490. The number of para-hydroxylation sites is 5. The third-order valence-corrected chi connectivity index (χ3v) is 11.8. The van der Waals surface area contributed by atoms with Crippen LogP contribution in [0.5, 0.6) is 0 Å². The van der Waals surface area contributed by atoms with E-state index in [0.717, 1.165) is 73.7 Å². The second-order valence-electron chi connectivity index (χ2n) is 17.9. The van der Waals surface area contributed by atoms with Gasteiger partial charge in [0.15, 0.2) is 0 Å². The first-order valence-corrected chi connectivity index (χ1v) is 21.1. The molecule has 0 aliphatic carbocycles. The molecule has 0 fully saturated rings. The second kappa shape index (κ2) is 16.1. The maximum absolute atomic E-state index is 5.08. The number of aromatic nitrogens is 1. The van der Waals surface area contributed by atoms with Gasteiger partial charge in [0.2, 0.25) is 0 Å². The molecule has 0 saturated carbocycles. The Kier molecular flexibility index (Phi) is 10.7. The van der Waals surface area contributed by atoms with Crippen LogP contribution in [0.2, 0.25) is 0 Å². The minimum absolute atomic E-state index is 0. The van der Waals surface area contributed by atoms with E-state index in [-0.39, 0.29) is 31.9 Å². The van der Waals surface area contributed by atoms with E-state index in [2.05, 4.69) is 250 Å². The number of benzene rings is 7. The van der Waals surface area contributed by atoms with Crippen LogP contribution in [0.4, 0.5) is 57.0 Å². The van der Waals surface area contributed by atoms with Crippen LogP contribution < -0.4 is 19.6 Å². The Morgan fingerprint density at radius 1 is 0.500 bits per heavy atom. The van der Waals surface area contributed by atoms with E-state index in [1.54, 1.807) is 0 Å². The molecule has 0 N–H and O–H groups in total. The van der Waals surface area contributed by atoms with Crippen molar-refractivity contribution in [1.29, 1.82) is 0 Å². The zero-order valence-electron chi connectivity index (χ0n) is 35.9. The summed E-state index contributed by atoms with van der Waals surface area (Å²) in [7, 11) is 0. The van der Waals surface area contributed by atoms with Gasteiger partial charge in [-0.1, -0.05) is 155 Å². The minimum atomic E-state index is -0.162. The van der Waals surface area contributed by atoms with Gasteiger partial charge in [0, 0.05) is 55.6 Å². The second-order valence-corrected chi connectivity index (χ2v) is 17.9. The summed E-state index contributed by atoms with van der Waals surface area (Å²) < 4.78 is 0. The van der Waals surface area contributed by atoms with Crippen LogP contribution in [0.25, 0.3) is 22.3 Å². The van der Waals surface area contributed by atoms with Crippen LogP contribution >= 0.6 is 0 Å². The first-order valence-electron chi connectivity index (χ1n) is 21.1. The largest absolute Gasteiger partial charge is 0.493 e. The number of fused-ring (bicyclic) bond motifs is 6. The van der Waals surface area contributed by atoms with Gasteiger partial charge in [-0.15, -0.1) is 53.8 Å². The fourth-order valence-electron chi connectivity index (χ4n) is 8.52. The zero-order valence-corrected chi connectivity index (χ0v) is 38.1. The summed E-state index contributed by atoms with van der Waals surface area (Å²) in [4.78, 5) is 14.2. The van der Waals surface area contributed by atoms with Crippen LogP contribution in [-0.4, -0.2) is 4.98 Å². The van der Waals surface area contributed by atoms with Crippen molar-refractivity contribution in [2.45, 2.75) is 52.4 Å². The fourth-order valence-corrected chi connectivity index (χ4v) is 8.52. The van der Waals surface area contributed by atoms with Crippen LogP contribution in [-0.2, 0) is 31.9 Å². The normalized spacial score (nSPS) is 13.0. The molecule has 0 bridgehead atoms. The Morgan fingerprint density at radius 2 is 1.08 bits per heavy atom. The van der Waals surface area contributed by atoms with Gasteiger partial charge in [0.05, 0.1) is 5.69 Å². The summed E-state index contributed by atoms with van der Waals surface area (Å²) in [5, 5.41) is 0. The van der Waals surface area contributed by atoms with Gasteiger partial charge in [-0.3, -0.25) is 0 Å². The molecule has 0 unspecified atom stereocenters. The summed E-state index contributed by atoms with van der Waals surface area (Å²) in [6.45, 7) is 15.8. The molecule has 6 heteroatoms. The third-order valence-electron chi connectivity index (χ3n) is 11.8. The van der Waals surface area contributed by atoms with E-state index in [4.69, 9.17) is 4.98 Å². The van der Waals surface area contributed by atoms with Gasteiger partial charge in [-0.25, -0.2) is 4.98 Å². The van der Waals surface area contributed by atoms with Crippen molar-refractivity contribution in [3.63, 3.8) is 0 Å². The van der Waals surface area contributed by atoms with Crippen molar-refractivity contribution in [1.82, 2.24) is 4.98 Å². The van der Waals surface area contributed by atoms with Crippen LogP contribution in [0.1, 0.15) is 52.7 Å². The van der Waals surface area contributed by atoms with E-state index >= 15 is 0 Å². The number of rotatable bonds is 6. The van der Waals surface area contributed by atoms with Crippen molar-refractivity contribution in [2.75, 3.05) is 19.6 Å². The standard InChI is InChI=1S/C56H48N5.Pt/c1-55(2,3)39-31-32-57-54(35-39)61-50-26-16-15-25-48(50)46-23-13-14-24-47(46)49-30-29-43(37-53(49)61)60(42-21-11-8-12-22-42)45-34-40(56(4,5)6)33-44(36-45)59-38-58(41-19-9-7-10-20-41)51-27-17-18-28-52(51)59;/h7-35,38H,1-6H3;/q-3;. The monoisotopic (exact) mass is 985 g/mol. The number of hydrogen-bond donors (Lipinski definition) is 0. The quantitative estimate of drug-likeness (QED) is 0.155. The molecule has 10 rings (SSSR count). The molecule has 7 aromatic carbocycles. The number of pyridine rings is 1. The Bertz CT molecular complexity index is 2900. The molecule has 310 valence electrons. The molecule has 0 amide bonds. The van der Waals surface area contributed by atoms with Crippen molar-refractivity contribution >= 4 is 57.0 Å². The first kappa shape index (κ1) is 41.0. The van der Waals surface area contributed by atoms with E-state index in [1.165, 1.54) is 16.7 Å². The van der Waals surface area contributed by atoms with Gasteiger partial charge in [0.1, 0.15) is 5.82 Å². The van der Waals surface area contributed by atoms with E-state index in [9.17, 15) is 0 Å². The van der Waals surface area contributed by atoms with Crippen LogP contribution in [0.15, 0.2) is 176 Å². The molecule has 5 nitrogen and oxygen atoms in total. The maximum Gasteiger partial charge on any atom is 0.135 e. The molecule has 0 atom stereocenters. The molecule has 1 aromatic heterocycles. The van der Waals surface area contributed by atoms with E-state index in [1.807, 2.05) is 6.20 Å². The molecule has 0 saturated heterocycles. The third kappa shape index (κ3) is 7.39. The molecule has 8 aromatic rings. The summed E-state index contributed by atoms with van der Waals surface area (Å²) >= 11 is 0.